The highest BCUT2D eigenvalue weighted by atomic mass is 16.6. The van der Waals surface area contributed by atoms with Crippen molar-refractivity contribution in [2.75, 3.05) is 19.5 Å². The van der Waals surface area contributed by atoms with Crippen LogP contribution in [0.2, 0.25) is 0 Å². The van der Waals surface area contributed by atoms with Gasteiger partial charge in [0.05, 0.1) is 5.69 Å². The monoisotopic (exact) mass is 590 g/mol. The molecule has 4 rings (SSSR count). The third-order valence-corrected chi connectivity index (χ3v) is 5.47. The van der Waals surface area contributed by atoms with Crippen LogP contribution < -0.4 is 16.7 Å². The quantitative estimate of drug-likeness (QED) is 0.110. The maximum absolute atomic E-state index is 11.9. The Labute approximate surface area is 254 Å². The number of anilines is 1. The molecule has 43 heavy (non-hydrogen) atoms. The van der Waals surface area contributed by atoms with Gasteiger partial charge in [-0.3, -0.25) is 5.43 Å². The van der Waals surface area contributed by atoms with Crippen LogP contribution in [0.15, 0.2) is 84.9 Å². The average Bonchev–Trinajstić information content (AvgIpc) is 2.91. The minimum Gasteiger partial charge on any atom is -0.443 e. The molecule has 0 radical (unpaired) electrons. The summed E-state index contributed by atoms with van der Waals surface area (Å²) < 4.78 is 10.1. The predicted molar refractivity (Wildman–Crippen MR) is 174 cm³/mol. The second-order valence-electron chi connectivity index (χ2n) is 11.8. The number of hydrogen-bond donors (Lipinski definition) is 4. The van der Waals surface area contributed by atoms with Crippen molar-refractivity contribution in [3.63, 3.8) is 0 Å². The first-order chi connectivity index (χ1) is 19.9. The van der Waals surface area contributed by atoms with Crippen LogP contribution in [0.25, 0.3) is 21.5 Å². The third-order valence-electron chi connectivity index (χ3n) is 5.47. The van der Waals surface area contributed by atoms with Gasteiger partial charge in [0.1, 0.15) is 11.2 Å². The predicted octanol–water partition coefficient (Wildman–Crippen LogP) is 5.28. The summed E-state index contributed by atoms with van der Waals surface area (Å²) in [6.07, 6.45) is -0.932. The second kappa shape index (κ2) is 15.2. The van der Waals surface area contributed by atoms with E-state index in [0.29, 0.717) is 5.46 Å². The summed E-state index contributed by atoms with van der Waals surface area (Å²) in [5, 5.41) is 24.5. The summed E-state index contributed by atoms with van der Waals surface area (Å²) >= 11 is 0. The average molecular weight is 591 g/mol. The van der Waals surface area contributed by atoms with Crippen LogP contribution in [-0.4, -0.2) is 64.7 Å². The Kier molecular flexibility index (Phi) is 12.4. The van der Waals surface area contributed by atoms with E-state index in [0.717, 1.165) is 32.2 Å². The Hall–Kier alpha value is -4.32. The van der Waals surface area contributed by atoms with E-state index in [-0.39, 0.29) is 0 Å². The fourth-order valence-corrected chi connectivity index (χ4v) is 3.53. The highest BCUT2D eigenvalue weighted by Crippen LogP contribution is 2.19. The second-order valence-corrected chi connectivity index (χ2v) is 11.8. The molecule has 10 nitrogen and oxygen atoms in total. The molecule has 0 bridgehead atoms. The highest BCUT2D eigenvalue weighted by Gasteiger charge is 2.20. The van der Waals surface area contributed by atoms with E-state index in [9.17, 15) is 9.59 Å². The number of nitrogens with two attached hydrogens (primary N) is 1. The molecule has 4 aromatic rings. The minimum absolute atomic E-state index is 0.411. The molecule has 2 amide bonds. The van der Waals surface area contributed by atoms with Crippen molar-refractivity contribution in [2.45, 2.75) is 52.7 Å². The number of nitrogens with zero attached hydrogens (tertiary/aromatic N) is 2. The van der Waals surface area contributed by atoms with Gasteiger partial charge in [-0.15, -0.1) is 0 Å². The number of amides is 2. The molecular formula is C32H43BN4O6. The van der Waals surface area contributed by atoms with E-state index in [1.807, 2.05) is 87.5 Å². The Bertz CT molecular complexity index is 1500. The Morgan fingerprint density at radius 3 is 1.58 bits per heavy atom. The summed E-state index contributed by atoms with van der Waals surface area (Å²) in [5.74, 6) is 5.10. The summed E-state index contributed by atoms with van der Waals surface area (Å²) in [6, 6.07) is 27.2. The van der Waals surface area contributed by atoms with Gasteiger partial charge in [-0.05, 0) is 80.7 Å². The first kappa shape index (κ1) is 34.9. The smallest absolute Gasteiger partial charge is 0.443 e. The van der Waals surface area contributed by atoms with E-state index in [1.165, 1.54) is 12.1 Å². The van der Waals surface area contributed by atoms with Gasteiger partial charge in [-0.2, -0.15) is 0 Å². The molecule has 4 aromatic carbocycles. The van der Waals surface area contributed by atoms with Crippen molar-refractivity contribution in [2.24, 2.45) is 5.84 Å². The zero-order valence-electron chi connectivity index (χ0n) is 26.2. The molecular weight excluding hydrogens is 547 g/mol. The van der Waals surface area contributed by atoms with Crippen molar-refractivity contribution in [1.29, 1.82) is 0 Å². The normalized spacial score (nSPS) is 10.9. The maximum atomic E-state index is 11.9. The van der Waals surface area contributed by atoms with Gasteiger partial charge in [0.15, 0.2) is 0 Å². The van der Waals surface area contributed by atoms with Crippen molar-refractivity contribution >= 4 is 52.0 Å². The van der Waals surface area contributed by atoms with Crippen LogP contribution in [0.5, 0.6) is 0 Å². The topological polar surface area (TPSA) is 138 Å². The molecule has 0 saturated carbocycles. The zero-order valence-corrected chi connectivity index (χ0v) is 26.2. The molecule has 230 valence electrons. The number of hydrogen-bond acceptors (Lipinski definition) is 8. The number of carbonyl (C=O) groups excluding carboxylic acids is 2. The van der Waals surface area contributed by atoms with E-state index in [4.69, 9.17) is 25.4 Å². The van der Waals surface area contributed by atoms with Crippen molar-refractivity contribution in [1.82, 2.24) is 10.0 Å². The molecule has 0 aromatic heterocycles. The minimum atomic E-state index is -1.38. The molecule has 0 aliphatic heterocycles. The first-order valence-corrected chi connectivity index (χ1v) is 13.7. The highest BCUT2D eigenvalue weighted by molar-refractivity contribution is 6.58. The Morgan fingerprint density at radius 2 is 1.14 bits per heavy atom. The van der Waals surface area contributed by atoms with Crippen molar-refractivity contribution < 1.29 is 29.1 Å². The van der Waals surface area contributed by atoms with Crippen LogP contribution in [0.1, 0.15) is 41.5 Å². The molecule has 0 spiro atoms. The van der Waals surface area contributed by atoms with Gasteiger partial charge in [0, 0.05) is 14.1 Å². The number of ether oxygens (including phenoxy) is 2. The largest absolute Gasteiger partial charge is 0.488 e. The van der Waals surface area contributed by atoms with Crippen LogP contribution in [0.4, 0.5) is 15.3 Å². The van der Waals surface area contributed by atoms with Gasteiger partial charge >= 0.3 is 19.3 Å². The molecule has 11 heteroatoms. The molecule has 5 N–H and O–H groups in total. The number of hydrazine groups is 2. The van der Waals surface area contributed by atoms with Crippen LogP contribution in [0.3, 0.4) is 0 Å². The Morgan fingerprint density at radius 1 is 0.698 bits per heavy atom. The first-order valence-electron chi connectivity index (χ1n) is 13.7. The lowest BCUT2D eigenvalue weighted by Gasteiger charge is -2.25. The van der Waals surface area contributed by atoms with Gasteiger partial charge < -0.3 is 19.5 Å². The summed E-state index contributed by atoms with van der Waals surface area (Å²) in [7, 11) is 1.70. The van der Waals surface area contributed by atoms with Crippen LogP contribution >= 0.6 is 0 Å². The molecule has 0 saturated heterocycles. The summed E-state index contributed by atoms with van der Waals surface area (Å²) in [5.41, 5.74) is 3.42. The number of rotatable bonds is 3. The fourth-order valence-electron chi connectivity index (χ4n) is 3.53. The van der Waals surface area contributed by atoms with Crippen molar-refractivity contribution in [3.05, 3.63) is 84.9 Å². The lowest BCUT2D eigenvalue weighted by atomic mass is 9.79. The van der Waals surface area contributed by atoms with E-state index >= 15 is 0 Å². The molecule has 0 aliphatic rings. The number of carbonyl (C=O) groups is 2. The molecule has 0 fully saturated rings. The van der Waals surface area contributed by atoms with Crippen LogP contribution in [-0.2, 0) is 9.47 Å². The van der Waals surface area contributed by atoms with Gasteiger partial charge in [-0.1, -0.05) is 72.8 Å². The van der Waals surface area contributed by atoms with E-state index < -0.39 is 30.5 Å². The number of fused-ring (bicyclic) bond motifs is 2. The standard InChI is InChI=1S/C16H20N2O2.C10H9BO2.C6H14N2O2/c1-16(2,3)20-15(19)18(4)17-14-10-9-12-7-5-6-8-13(12)11-14;12-11(13)10-6-5-8-3-1-2-4-9(8)7-10;1-6(2,3)10-5(9)8(4)7/h5-11,17H,1-4H3;1-7,12-13H;7H2,1-4H3. The molecule has 0 heterocycles. The van der Waals surface area contributed by atoms with E-state index in [2.05, 4.69) is 11.5 Å². The summed E-state index contributed by atoms with van der Waals surface area (Å²) in [6.45, 7) is 10.9. The number of nitrogens with one attached hydrogen (secondary N) is 1. The van der Waals surface area contributed by atoms with Crippen LogP contribution in [0, 0.1) is 0 Å². The molecule has 0 aliphatic carbocycles. The summed E-state index contributed by atoms with van der Waals surface area (Å²) in [4.78, 5) is 22.6. The maximum Gasteiger partial charge on any atom is 0.488 e. The number of benzene rings is 4. The Balaban J connectivity index is 0.000000242. The zero-order chi connectivity index (χ0) is 32.4. The lowest BCUT2D eigenvalue weighted by Crippen LogP contribution is -2.38. The van der Waals surface area contributed by atoms with Gasteiger partial charge in [-0.25, -0.2) is 25.4 Å². The SMILES string of the molecule is CN(N)C(=O)OC(C)(C)C.CN(Nc1ccc2ccccc2c1)C(=O)OC(C)(C)C.OB(O)c1ccc2ccccc2c1. The lowest BCUT2D eigenvalue weighted by molar-refractivity contribution is 0.0295. The molecule has 0 atom stereocenters. The van der Waals surface area contributed by atoms with Gasteiger partial charge in [0.2, 0.25) is 0 Å². The van der Waals surface area contributed by atoms with Gasteiger partial charge in [0.25, 0.3) is 0 Å². The van der Waals surface area contributed by atoms with E-state index in [1.54, 1.807) is 40.0 Å². The van der Waals surface area contributed by atoms with Crippen molar-refractivity contribution in [3.8, 4) is 0 Å². The fraction of sp³-hybridized carbons (Fsp3) is 0.312. The third kappa shape index (κ3) is 12.6. The molecule has 0 unspecified atom stereocenters.